The third-order valence-corrected chi connectivity index (χ3v) is 2.13. The van der Waals surface area contributed by atoms with E-state index in [1.54, 1.807) is 0 Å². The molecule has 0 bridgehead atoms. The van der Waals surface area contributed by atoms with E-state index < -0.39 is 0 Å². The lowest BCUT2D eigenvalue weighted by Gasteiger charge is -2.09. The van der Waals surface area contributed by atoms with Gasteiger partial charge in [0.1, 0.15) is 12.4 Å². The number of nitrogens with one attached hydrogen (secondary N) is 1. The van der Waals surface area contributed by atoms with Gasteiger partial charge in [-0.25, -0.2) is 0 Å². The summed E-state index contributed by atoms with van der Waals surface area (Å²) in [6, 6.07) is 6.28. The lowest BCUT2D eigenvalue weighted by atomic mass is 10.1. The lowest BCUT2D eigenvalue weighted by molar-refractivity contribution is 0.313. The number of hydrogen-bond donors (Lipinski definition) is 1. The Morgan fingerprint density at radius 1 is 1.29 bits per heavy atom. The van der Waals surface area contributed by atoms with Gasteiger partial charge in [-0.15, -0.1) is 0 Å². The third kappa shape index (κ3) is 3.38. The van der Waals surface area contributed by atoms with Crippen LogP contribution in [0, 0.1) is 13.8 Å². The maximum Gasteiger partial charge on any atom is 0.122 e. The molecule has 1 aromatic rings. The minimum absolute atomic E-state index is 0.734. The quantitative estimate of drug-likeness (QED) is 0.724. The zero-order valence-electron chi connectivity index (χ0n) is 9.26. The van der Waals surface area contributed by atoms with E-state index in [2.05, 4.69) is 44.3 Å². The SMILES string of the molecule is CCNCCOc1cc(C)ccc1C. The number of rotatable bonds is 5. The first-order chi connectivity index (χ1) is 6.74. The van der Waals surface area contributed by atoms with Crippen LogP contribution in [0.3, 0.4) is 0 Å². The molecule has 0 aromatic heterocycles. The monoisotopic (exact) mass is 193 g/mol. The van der Waals surface area contributed by atoms with Crippen molar-refractivity contribution in [3.8, 4) is 5.75 Å². The predicted molar refractivity (Wildman–Crippen MR) is 60.0 cm³/mol. The van der Waals surface area contributed by atoms with E-state index in [0.29, 0.717) is 0 Å². The predicted octanol–water partition coefficient (Wildman–Crippen LogP) is 2.29. The van der Waals surface area contributed by atoms with Crippen molar-refractivity contribution in [1.82, 2.24) is 5.32 Å². The van der Waals surface area contributed by atoms with E-state index in [4.69, 9.17) is 4.74 Å². The molecule has 14 heavy (non-hydrogen) atoms. The van der Waals surface area contributed by atoms with Crippen molar-refractivity contribution in [3.63, 3.8) is 0 Å². The minimum Gasteiger partial charge on any atom is -0.492 e. The van der Waals surface area contributed by atoms with Gasteiger partial charge in [0.15, 0.2) is 0 Å². The van der Waals surface area contributed by atoms with Crippen LogP contribution in [0.1, 0.15) is 18.1 Å². The average molecular weight is 193 g/mol. The van der Waals surface area contributed by atoms with Gasteiger partial charge in [0.2, 0.25) is 0 Å². The first-order valence-corrected chi connectivity index (χ1v) is 5.15. The number of hydrogen-bond acceptors (Lipinski definition) is 2. The van der Waals surface area contributed by atoms with Crippen molar-refractivity contribution in [1.29, 1.82) is 0 Å². The van der Waals surface area contributed by atoms with Crippen molar-refractivity contribution in [2.24, 2.45) is 0 Å². The molecule has 78 valence electrons. The average Bonchev–Trinajstić information content (AvgIpc) is 2.18. The molecular formula is C12H19NO. The lowest BCUT2D eigenvalue weighted by Crippen LogP contribution is -2.20. The van der Waals surface area contributed by atoms with Crippen LogP contribution in [0.2, 0.25) is 0 Å². The molecule has 0 saturated carbocycles. The highest BCUT2D eigenvalue weighted by atomic mass is 16.5. The van der Waals surface area contributed by atoms with Gasteiger partial charge in [0.05, 0.1) is 0 Å². The Morgan fingerprint density at radius 2 is 2.07 bits per heavy atom. The summed E-state index contributed by atoms with van der Waals surface area (Å²) in [4.78, 5) is 0. The molecule has 0 saturated heterocycles. The summed E-state index contributed by atoms with van der Waals surface area (Å²) >= 11 is 0. The van der Waals surface area contributed by atoms with E-state index in [-0.39, 0.29) is 0 Å². The van der Waals surface area contributed by atoms with E-state index >= 15 is 0 Å². The summed E-state index contributed by atoms with van der Waals surface area (Å²) in [5.74, 6) is 1.00. The Hall–Kier alpha value is -1.02. The van der Waals surface area contributed by atoms with E-state index in [0.717, 1.165) is 25.4 Å². The van der Waals surface area contributed by atoms with Crippen molar-refractivity contribution in [2.45, 2.75) is 20.8 Å². The van der Waals surface area contributed by atoms with Crippen LogP contribution < -0.4 is 10.1 Å². The maximum absolute atomic E-state index is 5.66. The van der Waals surface area contributed by atoms with Crippen LogP contribution >= 0.6 is 0 Å². The van der Waals surface area contributed by atoms with E-state index in [9.17, 15) is 0 Å². The second-order valence-corrected chi connectivity index (χ2v) is 3.47. The molecule has 1 N–H and O–H groups in total. The topological polar surface area (TPSA) is 21.3 Å². The smallest absolute Gasteiger partial charge is 0.122 e. The molecule has 0 unspecified atom stereocenters. The van der Waals surface area contributed by atoms with Crippen LogP contribution in [0.25, 0.3) is 0 Å². The standard InChI is InChI=1S/C12H19NO/c1-4-13-7-8-14-12-9-10(2)5-6-11(12)3/h5-6,9,13H,4,7-8H2,1-3H3. The molecule has 2 heteroatoms. The second-order valence-electron chi connectivity index (χ2n) is 3.47. The molecule has 0 heterocycles. The second kappa shape index (κ2) is 5.66. The van der Waals surface area contributed by atoms with Gasteiger partial charge in [-0.05, 0) is 37.6 Å². The highest BCUT2D eigenvalue weighted by Gasteiger charge is 1.98. The van der Waals surface area contributed by atoms with Gasteiger partial charge in [0.25, 0.3) is 0 Å². The van der Waals surface area contributed by atoms with Gasteiger partial charge in [-0.1, -0.05) is 19.1 Å². The molecular weight excluding hydrogens is 174 g/mol. The van der Waals surface area contributed by atoms with Crippen molar-refractivity contribution < 1.29 is 4.74 Å². The molecule has 2 nitrogen and oxygen atoms in total. The van der Waals surface area contributed by atoms with Gasteiger partial charge < -0.3 is 10.1 Å². The van der Waals surface area contributed by atoms with E-state index in [1.807, 2.05) is 0 Å². The molecule has 0 atom stereocenters. The van der Waals surface area contributed by atoms with Gasteiger partial charge in [0, 0.05) is 6.54 Å². The summed E-state index contributed by atoms with van der Waals surface area (Å²) in [6.45, 7) is 8.88. The van der Waals surface area contributed by atoms with E-state index in [1.165, 1.54) is 11.1 Å². The number of ether oxygens (including phenoxy) is 1. The summed E-state index contributed by atoms with van der Waals surface area (Å²) in [5.41, 5.74) is 2.45. The molecule has 0 spiro atoms. The van der Waals surface area contributed by atoms with Gasteiger partial charge in [-0.3, -0.25) is 0 Å². The summed E-state index contributed by atoms with van der Waals surface area (Å²) in [5, 5.41) is 3.23. The number of likely N-dealkylation sites (N-methyl/N-ethyl adjacent to an activating group) is 1. The Balaban J connectivity index is 2.45. The summed E-state index contributed by atoms with van der Waals surface area (Å²) in [6.07, 6.45) is 0. The first-order valence-electron chi connectivity index (χ1n) is 5.15. The highest BCUT2D eigenvalue weighted by Crippen LogP contribution is 2.18. The van der Waals surface area contributed by atoms with Crippen molar-refractivity contribution >= 4 is 0 Å². The third-order valence-electron chi connectivity index (χ3n) is 2.13. The normalized spacial score (nSPS) is 10.2. The van der Waals surface area contributed by atoms with Gasteiger partial charge >= 0.3 is 0 Å². The summed E-state index contributed by atoms with van der Waals surface area (Å²) < 4.78 is 5.66. The fourth-order valence-electron chi connectivity index (χ4n) is 1.27. The molecule has 0 aliphatic carbocycles. The Kier molecular flexibility index (Phi) is 4.47. The van der Waals surface area contributed by atoms with Crippen LogP contribution in [0.4, 0.5) is 0 Å². The Bertz CT molecular complexity index is 284. The summed E-state index contributed by atoms with van der Waals surface area (Å²) in [7, 11) is 0. The molecule has 1 rings (SSSR count). The molecule has 0 radical (unpaired) electrons. The Morgan fingerprint density at radius 3 is 2.79 bits per heavy atom. The van der Waals surface area contributed by atoms with Crippen molar-refractivity contribution in [3.05, 3.63) is 29.3 Å². The Labute approximate surface area is 86.3 Å². The molecule has 1 aromatic carbocycles. The fourth-order valence-corrected chi connectivity index (χ4v) is 1.27. The molecule has 0 aliphatic heterocycles. The number of benzene rings is 1. The van der Waals surface area contributed by atoms with Crippen LogP contribution in [-0.4, -0.2) is 19.7 Å². The number of aryl methyl sites for hydroxylation is 2. The van der Waals surface area contributed by atoms with Crippen LogP contribution in [-0.2, 0) is 0 Å². The maximum atomic E-state index is 5.66. The zero-order chi connectivity index (χ0) is 10.4. The largest absolute Gasteiger partial charge is 0.492 e. The van der Waals surface area contributed by atoms with Crippen LogP contribution in [0.5, 0.6) is 5.75 Å². The molecule has 0 fully saturated rings. The molecule has 0 amide bonds. The minimum atomic E-state index is 0.734. The van der Waals surface area contributed by atoms with Crippen molar-refractivity contribution in [2.75, 3.05) is 19.7 Å². The van der Waals surface area contributed by atoms with Crippen LogP contribution in [0.15, 0.2) is 18.2 Å². The van der Waals surface area contributed by atoms with Gasteiger partial charge in [-0.2, -0.15) is 0 Å². The zero-order valence-corrected chi connectivity index (χ0v) is 9.26. The first kappa shape index (κ1) is 11.1. The fraction of sp³-hybridized carbons (Fsp3) is 0.500. The highest BCUT2D eigenvalue weighted by molar-refractivity contribution is 5.35. The molecule has 0 aliphatic rings.